The highest BCUT2D eigenvalue weighted by Crippen LogP contribution is 2.28. The van der Waals surface area contributed by atoms with Gasteiger partial charge in [-0.3, -0.25) is 9.08 Å². The molecule has 1 aromatic rings. The maximum atomic E-state index is 12.0. The standard InChI is InChI=1S/C14H13Cl2NO4S/c1-8-9(2)14(18)12(16)11(15)13(8)17-21-22(19,20)10-6-4-3-5-7-10/h3-7,11-12H,1-2H3/b17-13-/t11-,12-/m0/s1. The second kappa shape index (κ2) is 6.40. The summed E-state index contributed by atoms with van der Waals surface area (Å²) < 4.78 is 28.8. The summed E-state index contributed by atoms with van der Waals surface area (Å²) in [7, 11) is -4.05. The number of carbonyl (C=O) groups excluding carboxylic acids is 1. The third-order valence-corrected chi connectivity index (χ3v) is 5.51. The van der Waals surface area contributed by atoms with Crippen molar-refractivity contribution in [1.82, 2.24) is 0 Å². The number of halogens is 2. The lowest BCUT2D eigenvalue weighted by Crippen LogP contribution is -2.38. The Morgan fingerprint density at radius 1 is 1.05 bits per heavy atom. The Labute approximate surface area is 138 Å². The Bertz CT molecular complexity index is 756. The SMILES string of the molecule is CC1=C(C)/C(=N/OS(=O)(=O)c2ccccc2)[C@@H](Cl)[C@H](Cl)C1=O. The Morgan fingerprint density at radius 2 is 1.64 bits per heavy atom. The molecule has 0 saturated carbocycles. The van der Waals surface area contributed by atoms with Crippen LogP contribution in [0.2, 0.25) is 0 Å². The van der Waals surface area contributed by atoms with Gasteiger partial charge in [0.15, 0.2) is 5.78 Å². The van der Waals surface area contributed by atoms with E-state index in [1.54, 1.807) is 32.0 Å². The van der Waals surface area contributed by atoms with Gasteiger partial charge in [0.2, 0.25) is 0 Å². The van der Waals surface area contributed by atoms with Crippen molar-refractivity contribution < 1.29 is 17.5 Å². The van der Waals surface area contributed by atoms with Gasteiger partial charge in [0.05, 0.1) is 0 Å². The van der Waals surface area contributed by atoms with Crippen LogP contribution in [0.4, 0.5) is 0 Å². The molecule has 22 heavy (non-hydrogen) atoms. The second-order valence-corrected chi connectivity index (χ2v) is 7.21. The monoisotopic (exact) mass is 361 g/mol. The largest absolute Gasteiger partial charge is 0.358 e. The Balaban J connectivity index is 2.36. The smallest absolute Gasteiger partial charge is 0.293 e. The minimum Gasteiger partial charge on any atom is -0.293 e. The lowest BCUT2D eigenvalue weighted by molar-refractivity contribution is -0.115. The van der Waals surface area contributed by atoms with Crippen LogP contribution in [0.15, 0.2) is 51.5 Å². The van der Waals surface area contributed by atoms with Crippen molar-refractivity contribution in [3.05, 3.63) is 41.5 Å². The number of benzene rings is 1. The number of Topliss-reactive ketones (excluding diaryl/α,β-unsaturated/α-hetero) is 1. The zero-order chi connectivity index (χ0) is 16.5. The molecule has 0 aromatic heterocycles. The minimum atomic E-state index is -4.05. The molecule has 0 unspecified atom stereocenters. The summed E-state index contributed by atoms with van der Waals surface area (Å²) in [5.41, 5.74) is 0.986. The molecule has 0 heterocycles. The zero-order valence-corrected chi connectivity index (χ0v) is 14.1. The van der Waals surface area contributed by atoms with E-state index in [-0.39, 0.29) is 16.4 Å². The van der Waals surface area contributed by atoms with Crippen molar-refractivity contribution >= 4 is 44.8 Å². The van der Waals surface area contributed by atoms with Gasteiger partial charge in [0.25, 0.3) is 0 Å². The number of rotatable bonds is 3. The van der Waals surface area contributed by atoms with Gasteiger partial charge in [-0.25, -0.2) is 0 Å². The number of alkyl halides is 2. The molecule has 0 N–H and O–H groups in total. The van der Waals surface area contributed by atoms with Gasteiger partial charge in [-0.1, -0.05) is 23.4 Å². The molecule has 0 amide bonds. The van der Waals surface area contributed by atoms with Crippen LogP contribution in [0.25, 0.3) is 0 Å². The Hall–Kier alpha value is -1.37. The Morgan fingerprint density at radius 3 is 2.23 bits per heavy atom. The fraction of sp³-hybridized carbons (Fsp3) is 0.286. The van der Waals surface area contributed by atoms with Gasteiger partial charge in [-0.05, 0) is 37.1 Å². The van der Waals surface area contributed by atoms with Gasteiger partial charge in [0, 0.05) is 0 Å². The first-order chi connectivity index (χ1) is 10.3. The number of ketones is 1. The predicted octanol–water partition coefficient (Wildman–Crippen LogP) is 2.88. The molecular weight excluding hydrogens is 349 g/mol. The van der Waals surface area contributed by atoms with E-state index in [2.05, 4.69) is 5.16 Å². The number of allylic oxidation sites excluding steroid dienone is 2. The first kappa shape index (κ1) is 17.0. The van der Waals surface area contributed by atoms with Crippen molar-refractivity contribution in [3.63, 3.8) is 0 Å². The normalized spacial score (nSPS) is 24.7. The number of hydrogen-bond acceptors (Lipinski definition) is 5. The minimum absolute atomic E-state index is 0.0295. The van der Waals surface area contributed by atoms with Crippen LogP contribution in [0.3, 0.4) is 0 Å². The van der Waals surface area contributed by atoms with Gasteiger partial charge in [-0.2, -0.15) is 8.42 Å². The molecular formula is C14H13Cl2NO4S. The number of carbonyl (C=O) groups is 1. The molecule has 8 heteroatoms. The highest BCUT2D eigenvalue weighted by Gasteiger charge is 2.37. The molecule has 1 aliphatic carbocycles. The summed E-state index contributed by atoms with van der Waals surface area (Å²) in [4.78, 5) is 11.8. The number of oxime groups is 1. The van der Waals surface area contributed by atoms with E-state index in [1.165, 1.54) is 12.1 Å². The molecule has 5 nitrogen and oxygen atoms in total. The number of nitrogens with zero attached hydrogens (tertiary/aromatic N) is 1. The second-order valence-electron chi connectivity index (χ2n) is 4.74. The van der Waals surface area contributed by atoms with Crippen LogP contribution >= 0.6 is 23.2 Å². The van der Waals surface area contributed by atoms with Gasteiger partial charge in [0.1, 0.15) is 21.4 Å². The number of hydrogen-bond donors (Lipinski definition) is 0. The average Bonchev–Trinajstić information content (AvgIpc) is 2.52. The molecule has 0 radical (unpaired) electrons. The molecule has 2 atom stereocenters. The molecule has 1 aliphatic rings. The van der Waals surface area contributed by atoms with Gasteiger partial charge >= 0.3 is 10.1 Å². The first-order valence-corrected chi connectivity index (χ1v) is 8.60. The van der Waals surface area contributed by atoms with Crippen LogP contribution < -0.4 is 0 Å². The van der Waals surface area contributed by atoms with Crippen molar-refractivity contribution in [2.45, 2.75) is 29.5 Å². The first-order valence-electron chi connectivity index (χ1n) is 6.32. The summed E-state index contributed by atoms with van der Waals surface area (Å²) in [6.07, 6.45) is 0. The van der Waals surface area contributed by atoms with E-state index in [0.717, 1.165) is 0 Å². The highest BCUT2D eigenvalue weighted by molar-refractivity contribution is 7.86. The van der Waals surface area contributed by atoms with Crippen LogP contribution in [0, 0.1) is 0 Å². The highest BCUT2D eigenvalue weighted by atomic mass is 35.5. The van der Waals surface area contributed by atoms with Crippen LogP contribution in [0.5, 0.6) is 0 Å². The lowest BCUT2D eigenvalue weighted by Gasteiger charge is -2.24. The average molecular weight is 362 g/mol. The van der Waals surface area contributed by atoms with Crippen LogP contribution in [0.1, 0.15) is 13.8 Å². The third-order valence-electron chi connectivity index (χ3n) is 3.35. The van der Waals surface area contributed by atoms with Crippen molar-refractivity contribution in [2.24, 2.45) is 5.16 Å². The van der Waals surface area contributed by atoms with Crippen molar-refractivity contribution in [1.29, 1.82) is 0 Å². The topological polar surface area (TPSA) is 72.8 Å². The van der Waals surface area contributed by atoms with E-state index in [1.807, 2.05) is 0 Å². The van der Waals surface area contributed by atoms with E-state index in [9.17, 15) is 13.2 Å². The fourth-order valence-corrected chi connectivity index (χ4v) is 3.26. The van der Waals surface area contributed by atoms with Gasteiger partial charge < -0.3 is 0 Å². The summed E-state index contributed by atoms with van der Waals surface area (Å²) in [5, 5.41) is 1.67. The molecule has 118 valence electrons. The van der Waals surface area contributed by atoms with Gasteiger partial charge in [-0.15, -0.1) is 23.2 Å². The summed E-state index contributed by atoms with van der Waals surface area (Å²) in [5.74, 6) is -0.302. The van der Waals surface area contributed by atoms with E-state index in [4.69, 9.17) is 27.5 Å². The summed E-state index contributed by atoms with van der Waals surface area (Å²) in [6.45, 7) is 3.19. The lowest BCUT2D eigenvalue weighted by atomic mass is 9.90. The summed E-state index contributed by atoms with van der Waals surface area (Å²) >= 11 is 12.0. The molecule has 0 fully saturated rings. The molecule has 0 aliphatic heterocycles. The molecule has 0 saturated heterocycles. The van der Waals surface area contributed by atoms with Crippen LogP contribution in [-0.2, 0) is 19.2 Å². The fourth-order valence-electron chi connectivity index (χ4n) is 1.90. The quantitative estimate of drug-likeness (QED) is 0.612. The molecule has 2 rings (SSSR count). The van der Waals surface area contributed by atoms with Crippen molar-refractivity contribution in [3.8, 4) is 0 Å². The molecule has 1 aromatic carbocycles. The maximum absolute atomic E-state index is 12.0. The molecule has 0 bridgehead atoms. The maximum Gasteiger partial charge on any atom is 0.358 e. The van der Waals surface area contributed by atoms with E-state index in [0.29, 0.717) is 11.1 Å². The van der Waals surface area contributed by atoms with E-state index < -0.39 is 20.9 Å². The van der Waals surface area contributed by atoms with Crippen LogP contribution in [-0.4, -0.2) is 30.7 Å². The predicted molar refractivity (Wildman–Crippen MR) is 84.8 cm³/mol. The van der Waals surface area contributed by atoms with Crippen molar-refractivity contribution in [2.75, 3.05) is 0 Å². The van der Waals surface area contributed by atoms with E-state index >= 15 is 0 Å². The zero-order valence-electron chi connectivity index (χ0n) is 11.8. The summed E-state index contributed by atoms with van der Waals surface area (Å²) in [6, 6.07) is 7.59. The molecule has 0 spiro atoms. The Kier molecular flexibility index (Phi) is 4.94. The third kappa shape index (κ3) is 3.19.